The molecular formula is C12H16N2O2. The van der Waals surface area contributed by atoms with Crippen molar-refractivity contribution in [3.8, 4) is 0 Å². The molecule has 4 nitrogen and oxygen atoms in total. The first-order chi connectivity index (χ1) is 7.72. The van der Waals surface area contributed by atoms with Crippen LogP contribution < -0.4 is 11.1 Å². The Labute approximate surface area is 94.8 Å². The van der Waals surface area contributed by atoms with E-state index >= 15 is 0 Å². The maximum absolute atomic E-state index is 11.4. The Bertz CT molecular complexity index is 404. The second-order valence-electron chi connectivity index (χ2n) is 4.01. The van der Waals surface area contributed by atoms with Crippen molar-refractivity contribution in [2.24, 2.45) is 0 Å². The summed E-state index contributed by atoms with van der Waals surface area (Å²) in [7, 11) is 1.51. The van der Waals surface area contributed by atoms with Gasteiger partial charge in [-0.05, 0) is 30.0 Å². The number of nitrogens with two attached hydrogens (primary N) is 1. The van der Waals surface area contributed by atoms with E-state index in [4.69, 9.17) is 10.5 Å². The number of rotatable bonds is 3. The number of nitrogens with one attached hydrogen (secondary N) is 1. The number of anilines is 1. The van der Waals surface area contributed by atoms with Gasteiger partial charge in [0.15, 0.2) is 0 Å². The number of ether oxygens (including phenoxy) is 1. The van der Waals surface area contributed by atoms with Crippen LogP contribution >= 0.6 is 0 Å². The van der Waals surface area contributed by atoms with E-state index in [2.05, 4.69) is 5.32 Å². The number of methoxy groups -OCH3 is 1. The molecule has 2 rings (SSSR count). The first kappa shape index (κ1) is 11.0. The number of benzene rings is 1. The SMILES string of the molecule is COCC(=O)N[C@@H]1CCc2c(N)cccc21. The second-order valence-corrected chi connectivity index (χ2v) is 4.01. The van der Waals surface area contributed by atoms with Gasteiger partial charge in [-0.3, -0.25) is 4.79 Å². The molecule has 1 aliphatic carbocycles. The smallest absolute Gasteiger partial charge is 0.246 e. The molecule has 0 saturated heterocycles. The van der Waals surface area contributed by atoms with Gasteiger partial charge in [-0.25, -0.2) is 0 Å². The quantitative estimate of drug-likeness (QED) is 0.747. The number of amides is 1. The fraction of sp³-hybridized carbons (Fsp3) is 0.417. The fourth-order valence-corrected chi connectivity index (χ4v) is 2.20. The molecule has 1 aromatic rings. The molecule has 0 fully saturated rings. The minimum absolute atomic E-state index is 0.0808. The minimum atomic E-state index is -0.0808. The summed E-state index contributed by atoms with van der Waals surface area (Å²) in [6, 6.07) is 5.94. The van der Waals surface area contributed by atoms with Crippen LogP contribution in [0.5, 0.6) is 0 Å². The molecule has 4 heteroatoms. The molecule has 0 radical (unpaired) electrons. The molecule has 0 aliphatic heterocycles. The van der Waals surface area contributed by atoms with E-state index in [1.54, 1.807) is 0 Å². The molecule has 0 heterocycles. The molecule has 0 spiro atoms. The van der Waals surface area contributed by atoms with Crippen LogP contribution in [0.15, 0.2) is 18.2 Å². The third kappa shape index (κ3) is 2.02. The molecule has 16 heavy (non-hydrogen) atoms. The predicted molar refractivity (Wildman–Crippen MR) is 61.9 cm³/mol. The van der Waals surface area contributed by atoms with Crippen LogP contribution in [0.4, 0.5) is 5.69 Å². The third-order valence-electron chi connectivity index (χ3n) is 2.92. The maximum Gasteiger partial charge on any atom is 0.246 e. The summed E-state index contributed by atoms with van der Waals surface area (Å²) in [5.41, 5.74) is 9.02. The second kappa shape index (κ2) is 4.53. The zero-order chi connectivity index (χ0) is 11.5. The maximum atomic E-state index is 11.4. The van der Waals surface area contributed by atoms with E-state index in [-0.39, 0.29) is 18.6 Å². The van der Waals surface area contributed by atoms with Gasteiger partial charge in [0.2, 0.25) is 5.91 Å². The van der Waals surface area contributed by atoms with Crippen LogP contribution in [0.25, 0.3) is 0 Å². The summed E-state index contributed by atoms with van der Waals surface area (Å²) in [4.78, 5) is 11.4. The summed E-state index contributed by atoms with van der Waals surface area (Å²) >= 11 is 0. The van der Waals surface area contributed by atoms with Gasteiger partial charge in [-0.2, -0.15) is 0 Å². The van der Waals surface area contributed by atoms with Gasteiger partial charge in [0, 0.05) is 12.8 Å². The van der Waals surface area contributed by atoms with E-state index in [0.29, 0.717) is 0 Å². The van der Waals surface area contributed by atoms with Crippen molar-refractivity contribution in [3.63, 3.8) is 0 Å². The molecule has 3 N–H and O–H groups in total. The highest BCUT2D eigenvalue weighted by molar-refractivity contribution is 5.78. The Morgan fingerprint density at radius 1 is 1.62 bits per heavy atom. The lowest BCUT2D eigenvalue weighted by molar-refractivity contribution is -0.125. The molecule has 1 aliphatic rings. The number of fused-ring (bicyclic) bond motifs is 1. The summed E-state index contributed by atoms with van der Waals surface area (Å²) in [6.45, 7) is 0.105. The normalized spacial score (nSPS) is 18.2. The Morgan fingerprint density at radius 2 is 2.44 bits per heavy atom. The van der Waals surface area contributed by atoms with E-state index in [0.717, 1.165) is 24.1 Å². The molecule has 0 saturated carbocycles. The van der Waals surface area contributed by atoms with Gasteiger partial charge in [-0.15, -0.1) is 0 Å². The Hall–Kier alpha value is -1.55. The predicted octanol–water partition coefficient (Wildman–Crippen LogP) is 1.02. The van der Waals surface area contributed by atoms with Crippen molar-refractivity contribution in [2.75, 3.05) is 19.5 Å². The first-order valence-electron chi connectivity index (χ1n) is 5.38. The van der Waals surface area contributed by atoms with E-state index in [9.17, 15) is 4.79 Å². The zero-order valence-electron chi connectivity index (χ0n) is 9.32. The van der Waals surface area contributed by atoms with Crippen molar-refractivity contribution in [3.05, 3.63) is 29.3 Å². The van der Waals surface area contributed by atoms with Crippen LogP contribution in [0, 0.1) is 0 Å². The van der Waals surface area contributed by atoms with Crippen molar-refractivity contribution < 1.29 is 9.53 Å². The van der Waals surface area contributed by atoms with Crippen molar-refractivity contribution in [1.29, 1.82) is 0 Å². The molecule has 1 aromatic carbocycles. The highest BCUT2D eigenvalue weighted by Gasteiger charge is 2.24. The summed E-state index contributed by atoms with van der Waals surface area (Å²) in [5.74, 6) is -0.0808. The largest absolute Gasteiger partial charge is 0.398 e. The summed E-state index contributed by atoms with van der Waals surface area (Å²) in [5, 5.41) is 2.94. The number of hydrogen-bond acceptors (Lipinski definition) is 3. The van der Waals surface area contributed by atoms with Gasteiger partial charge >= 0.3 is 0 Å². The number of carbonyl (C=O) groups excluding carboxylic acids is 1. The van der Waals surface area contributed by atoms with Crippen molar-refractivity contribution in [1.82, 2.24) is 5.32 Å². The topological polar surface area (TPSA) is 64.3 Å². The minimum Gasteiger partial charge on any atom is -0.398 e. The van der Waals surface area contributed by atoms with Crippen LogP contribution in [-0.4, -0.2) is 19.6 Å². The molecule has 0 aromatic heterocycles. The van der Waals surface area contributed by atoms with Gasteiger partial charge in [0.1, 0.15) is 6.61 Å². The number of carbonyl (C=O) groups is 1. The lowest BCUT2D eigenvalue weighted by atomic mass is 10.1. The monoisotopic (exact) mass is 220 g/mol. The van der Waals surface area contributed by atoms with Crippen molar-refractivity contribution >= 4 is 11.6 Å². The molecular weight excluding hydrogens is 204 g/mol. The van der Waals surface area contributed by atoms with E-state index in [1.807, 2.05) is 18.2 Å². The van der Waals surface area contributed by atoms with E-state index in [1.165, 1.54) is 12.7 Å². The van der Waals surface area contributed by atoms with Crippen LogP contribution in [0.1, 0.15) is 23.6 Å². The molecule has 86 valence electrons. The number of hydrogen-bond donors (Lipinski definition) is 2. The Morgan fingerprint density at radius 3 is 3.19 bits per heavy atom. The fourth-order valence-electron chi connectivity index (χ4n) is 2.20. The van der Waals surface area contributed by atoms with Crippen LogP contribution in [-0.2, 0) is 16.0 Å². The molecule has 0 unspecified atom stereocenters. The van der Waals surface area contributed by atoms with Gasteiger partial charge in [0.05, 0.1) is 6.04 Å². The van der Waals surface area contributed by atoms with E-state index < -0.39 is 0 Å². The lowest BCUT2D eigenvalue weighted by Gasteiger charge is -2.14. The van der Waals surface area contributed by atoms with Gasteiger partial charge < -0.3 is 15.8 Å². The average Bonchev–Trinajstić information content (AvgIpc) is 2.64. The highest BCUT2D eigenvalue weighted by atomic mass is 16.5. The molecule has 1 atom stereocenters. The van der Waals surface area contributed by atoms with Gasteiger partial charge in [0.25, 0.3) is 0 Å². The highest BCUT2D eigenvalue weighted by Crippen LogP contribution is 2.34. The average molecular weight is 220 g/mol. The molecule has 0 bridgehead atoms. The number of nitrogen functional groups attached to an aromatic ring is 1. The lowest BCUT2D eigenvalue weighted by Crippen LogP contribution is -2.30. The van der Waals surface area contributed by atoms with Crippen LogP contribution in [0.2, 0.25) is 0 Å². The van der Waals surface area contributed by atoms with Crippen molar-refractivity contribution in [2.45, 2.75) is 18.9 Å². The molecule has 1 amide bonds. The summed E-state index contributed by atoms with van der Waals surface area (Å²) < 4.78 is 4.79. The summed E-state index contributed by atoms with van der Waals surface area (Å²) in [6.07, 6.45) is 1.85. The third-order valence-corrected chi connectivity index (χ3v) is 2.92. The Balaban J connectivity index is 2.12. The first-order valence-corrected chi connectivity index (χ1v) is 5.38. The standard InChI is InChI=1S/C12H16N2O2/c1-16-7-12(15)14-11-6-5-8-9(11)3-2-4-10(8)13/h2-4,11H,5-7,13H2,1H3,(H,14,15)/t11-/m1/s1. The van der Waals surface area contributed by atoms with Gasteiger partial charge in [-0.1, -0.05) is 12.1 Å². The Kier molecular flexibility index (Phi) is 3.10. The van der Waals surface area contributed by atoms with Crippen LogP contribution in [0.3, 0.4) is 0 Å². The zero-order valence-corrected chi connectivity index (χ0v) is 9.32.